The van der Waals surface area contributed by atoms with E-state index in [0.29, 0.717) is 24.7 Å². The molecule has 0 bridgehead atoms. The molecule has 0 amide bonds. The number of hydrogen-bond donors (Lipinski definition) is 0. The first-order chi connectivity index (χ1) is 5.46. The van der Waals surface area contributed by atoms with Gasteiger partial charge in [0, 0.05) is 0 Å². The zero-order chi connectivity index (χ0) is 9.46. The molecule has 0 spiro atoms. The van der Waals surface area contributed by atoms with Gasteiger partial charge in [0.05, 0.1) is 0 Å². The molecule has 0 aliphatic heterocycles. The van der Waals surface area contributed by atoms with E-state index < -0.39 is 32.4 Å². The Bertz CT molecular complexity index is 230. The van der Waals surface area contributed by atoms with Crippen LogP contribution < -0.4 is 3.27 Å². The SMILES string of the molecule is Fc1c(F)c(F)c([At])c(F)c1F. The summed E-state index contributed by atoms with van der Waals surface area (Å²) < 4.78 is 60.8. The molecule has 0 aliphatic carbocycles. The van der Waals surface area contributed by atoms with E-state index in [9.17, 15) is 22.0 Å². The van der Waals surface area contributed by atoms with E-state index in [-0.39, 0.29) is 0 Å². The third kappa shape index (κ3) is 1.32. The van der Waals surface area contributed by atoms with Gasteiger partial charge in [0.1, 0.15) is 0 Å². The maximum absolute atomic E-state index is 12.4. The van der Waals surface area contributed by atoms with Crippen molar-refractivity contribution in [2.45, 2.75) is 0 Å². The van der Waals surface area contributed by atoms with E-state index in [0.717, 1.165) is 0 Å². The van der Waals surface area contributed by atoms with Crippen molar-refractivity contribution in [1.29, 1.82) is 0 Å². The number of hydrogen-bond acceptors (Lipinski definition) is 0. The van der Waals surface area contributed by atoms with Gasteiger partial charge in [0.15, 0.2) is 0 Å². The van der Waals surface area contributed by atoms with Gasteiger partial charge in [0.25, 0.3) is 0 Å². The van der Waals surface area contributed by atoms with Crippen LogP contribution in [0.2, 0.25) is 0 Å². The van der Waals surface area contributed by atoms with Crippen LogP contribution in [0, 0.1) is 53.8 Å². The van der Waals surface area contributed by atoms with Crippen molar-refractivity contribution in [3.63, 3.8) is 0 Å². The Morgan fingerprint density at radius 2 is 0.833 bits per heavy atom. The van der Waals surface area contributed by atoms with E-state index in [4.69, 9.17) is 0 Å². The molecule has 0 radical (unpaired) electrons. The Kier molecular flexibility index (Phi) is 2.66. The number of rotatable bonds is 0. The second-order valence-electron chi connectivity index (χ2n) is 1.88. The zero-order valence-corrected chi connectivity index (χ0v) is 8.21. The molecule has 0 heterocycles. The topological polar surface area (TPSA) is 0 Å². The third-order valence-electron chi connectivity index (χ3n) is 1.16. The summed E-state index contributed by atoms with van der Waals surface area (Å²) >= 11 is 0.400. The van der Waals surface area contributed by atoms with Crippen LogP contribution in [-0.2, 0) is 0 Å². The van der Waals surface area contributed by atoms with Crippen molar-refractivity contribution >= 4 is 3.27 Å². The van der Waals surface area contributed by atoms with E-state index in [1.54, 1.807) is 0 Å². The molecular weight excluding hydrogens is 377 g/mol. The molecule has 0 saturated carbocycles. The second kappa shape index (κ2) is 3.25. The van der Waals surface area contributed by atoms with Crippen molar-refractivity contribution in [2.24, 2.45) is 0 Å². The molecule has 0 atom stereocenters. The summed E-state index contributed by atoms with van der Waals surface area (Å²) in [5, 5.41) is 0. The summed E-state index contributed by atoms with van der Waals surface area (Å²) in [6.07, 6.45) is 0. The molecule has 0 aromatic heterocycles. The fourth-order valence-electron chi connectivity index (χ4n) is 0.578. The van der Waals surface area contributed by atoms with Crippen molar-refractivity contribution < 1.29 is 46.7 Å². The maximum atomic E-state index is 12.4. The van der Waals surface area contributed by atoms with Crippen LogP contribution in [-0.4, -0.2) is 0 Å². The predicted octanol–water partition coefficient (Wildman–Crippen LogP) is 1.56. The average molecular weight is 377 g/mol. The van der Waals surface area contributed by atoms with Crippen LogP contribution in [0.3, 0.4) is 0 Å². The van der Waals surface area contributed by atoms with Crippen LogP contribution in [0.4, 0.5) is 22.0 Å². The molecule has 0 fully saturated rings. The second-order valence-corrected chi connectivity index (χ2v) is 3.35. The molecule has 12 heavy (non-hydrogen) atoms. The summed E-state index contributed by atoms with van der Waals surface area (Å²) in [5.74, 6) is -9.44. The van der Waals surface area contributed by atoms with E-state index >= 15 is 0 Å². The average Bonchev–Trinajstić information content (AvgIpc) is 2.08. The van der Waals surface area contributed by atoms with Crippen LogP contribution in [0.25, 0.3) is 0 Å². The Morgan fingerprint density at radius 3 is 1.17 bits per heavy atom. The van der Waals surface area contributed by atoms with Crippen LogP contribution in [0.1, 0.15) is 0 Å². The Morgan fingerprint density at radius 1 is 0.583 bits per heavy atom. The molecule has 1 aromatic carbocycles. The van der Waals surface area contributed by atoms with E-state index in [1.165, 1.54) is 0 Å². The number of benzene rings is 1. The minimum absolute atomic E-state index is 0.400. The summed E-state index contributed by atoms with van der Waals surface area (Å²) in [4.78, 5) is 0. The van der Waals surface area contributed by atoms with Gasteiger partial charge in [0.2, 0.25) is 0 Å². The van der Waals surface area contributed by atoms with Gasteiger partial charge in [-0.3, -0.25) is 0 Å². The van der Waals surface area contributed by atoms with Gasteiger partial charge >= 0.3 is 79.0 Å². The normalized spacial score (nSPS) is 10.5. The molecule has 6 heteroatoms. The van der Waals surface area contributed by atoms with Gasteiger partial charge in [-0.2, -0.15) is 0 Å². The van der Waals surface area contributed by atoms with Gasteiger partial charge in [-0.05, 0) is 0 Å². The summed E-state index contributed by atoms with van der Waals surface area (Å²) in [7, 11) is 0. The molecule has 0 saturated heterocycles. The van der Waals surface area contributed by atoms with Gasteiger partial charge in [-0.1, -0.05) is 0 Å². The van der Waals surface area contributed by atoms with Crippen molar-refractivity contribution in [3.8, 4) is 0 Å². The fourth-order valence-corrected chi connectivity index (χ4v) is 1.22. The quantitative estimate of drug-likeness (QED) is 0.366. The Hall–Kier alpha value is -0.247. The van der Waals surface area contributed by atoms with Crippen molar-refractivity contribution in [3.05, 3.63) is 29.1 Å². The van der Waals surface area contributed by atoms with Crippen LogP contribution in [0.5, 0.6) is 0 Å². The molecule has 0 aliphatic rings. The molecular formula is C6AtF5. The van der Waals surface area contributed by atoms with Crippen molar-refractivity contribution in [2.75, 3.05) is 0 Å². The molecule has 1 aromatic rings. The van der Waals surface area contributed by atoms with Gasteiger partial charge < -0.3 is 0 Å². The molecule has 0 N–H and O–H groups in total. The van der Waals surface area contributed by atoms with Gasteiger partial charge in [-0.15, -0.1) is 0 Å². The summed E-state index contributed by atoms with van der Waals surface area (Å²) in [5.41, 5.74) is 0. The predicted molar refractivity (Wildman–Crippen MR) is 25.9 cm³/mol. The number of halogens is 5. The fraction of sp³-hybridized carbons (Fsp3) is 0. The summed E-state index contributed by atoms with van der Waals surface area (Å²) in [6.45, 7) is 0. The molecule has 0 nitrogen and oxygen atoms in total. The first-order valence-electron chi connectivity index (χ1n) is 2.63. The molecule has 66 valence electrons. The zero-order valence-electron chi connectivity index (χ0n) is 5.27. The first kappa shape index (κ1) is 9.84. The van der Waals surface area contributed by atoms with Crippen LogP contribution in [0.15, 0.2) is 0 Å². The molecule has 1 rings (SSSR count). The van der Waals surface area contributed by atoms with E-state index in [2.05, 4.69) is 0 Å². The van der Waals surface area contributed by atoms with Crippen LogP contribution >= 0.6 is 0 Å². The van der Waals surface area contributed by atoms with E-state index in [1.807, 2.05) is 0 Å². The van der Waals surface area contributed by atoms with Gasteiger partial charge in [-0.25, -0.2) is 0 Å². The minimum atomic E-state index is -2.12. The Balaban J connectivity index is 3.60. The molecule has 0 unspecified atom stereocenters. The third-order valence-corrected chi connectivity index (χ3v) is 2.45. The van der Waals surface area contributed by atoms with Crippen molar-refractivity contribution in [1.82, 2.24) is 0 Å². The monoisotopic (exact) mass is 377 g/mol. The standard InChI is InChI=1S/C6AtF5/c7-1-2(8)4(10)6(12)5(11)3(1)9. The first-order valence-corrected chi connectivity index (χ1v) is 4.10. The Labute approximate surface area is 79.2 Å². The summed E-state index contributed by atoms with van der Waals surface area (Å²) in [6, 6.07) is 0.